The van der Waals surface area contributed by atoms with Crippen LogP contribution in [0.4, 0.5) is 0 Å². The van der Waals surface area contributed by atoms with Crippen LogP contribution in [0.2, 0.25) is 0 Å². The van der Waals surface area contributed by atoms with E-state index in [1.165, 1.54) is 31.0 Å². The molecule has 1 aliphatic heterocycles. The van der Waals surface area contributed by atoms with Crippen LogP contribution < -0.4 is 11.5 Å². The van der Waals surface area contributed by atoms with Gasteiger partial charge in [-0.15, -0.1) is 23.5 Å². The van der Waals surface area contributed by atoms with Crippen molar-refractivity contribution in [2.24, 2.45) is 11.5 Å². The largest absolute Gasteiger partial charge is 0.480 e. The number of carboxylic acid groups (broad SMARTS) is 1. The molecule has 0 spiro atoms. The summed E-state index contributed by atoms with van der Waals surface area (Å²) in [5.41, 5.74) is 8.96. The standard InChI is InChI=1S/C13H26O5S.C7H14N2O4S/c1-2-3-4-5-6-7-19-13-12(17)11(16)10(15)9(8-14)18-13;8-4(2-10)3-14-6(11)1-5(9)7(12)13/h9-17H,2-8H2,1H3;2,4-6,11H,1,3,8-9H2,(H,12,13)/t;4-,5-,6-/m.0/s1. The van der Waals surface area contributed by atoms with Crippen LogP contribution in [0.5, 0.6) is 0 Å². The molecule has 0 aromatic rings. The predicted octanol–water partition coefficient (Wildman–Crippen LogP) is -1.14. The SMILES string of the molecule is CCCCCCCSC1OC(CO)C(O)C(O)C1O.N[C@@H](C=O)CS[C@H](O)C[C@H](N)C(=O)O. The number of nitrogens with two attached hydrogens (primary N) is 2. The van der Waals surface area contributed by atoms with E-state index in [0.717, 1.165) is 30.4 Å². The molecule has 196 valence electrons. The minimum Gasteiger partial charge on any atom is -0.480 e. The zero-order valence-electron chi connectivity index (χ0n) is 18.9. The van der Waals surface area contributed by atoms with Crippen molar-refractivity contribution < 1.29 is 45.0 Å². The maximum Gasteiger partial charge on any atom is 0.320 e. The lowest BCUT2D eigenvalue weighted by molar-refractivity contribution is -0.205. The Hall–Kier alpha value is -0.480. The van der Waals surface area contributed by atoms with Gasteiger partial charge in [-0.2, -0.15) is 0 Å². The summed E-state index contributed by atoms with van der Waals surface area (Å²) in [5, 5.41) is 55.9. The maximum atomic E-state index is 10.3. The smallest absolute Gasteiger partial charge is 0.320 e. The summed E-state index contributed by atoms with van der Waals surface area (Å²) in [6, 6.07) is -1.74. The van der Waals surface area contributed by atoms with Crippen molar-refractivity contribution >= 4 is 35.8 Å². The van der Waals surface area contributed by atoms with Gasteiger partial charge in [0.1, 0.15) is 47.6 Å². The first-order chi connectivity index (χ1) is 15.6. The first kappa shape index (κ1) is 32.5. The van der Waals surface area contributed by atoms with Crippen molar-refractivity contribution in [3.8, 4) is 0 Å². The van der Waals surface area contributed by atoms with Crippen molar-refractivity contribution in [3.05, 3.63) is 0 Å². The lowest BCUT2D eigenvalue weighted by Gasteiger charge is -2.39. The molecule has 8 atom stereocenters. The Morgan fingerprint density at radius 1 is 1.09 bits per heavy atom. The van der Waals surface area contributed by atoms with Crippen LogP contribution in [-0.2, 0) is 14.3 Å². The molecule has 0 amide bonds. The van der Waals surface area contributed by atoms with Crippen LogP contribution in [0.25, 0.3) is 0 Å². The van der Waals surface area contributed by atoms with Crippen LogP contribution >= 0.6 is 23.5 Å². The molecule has 0 radical (unpaired) electrons. The lowest BCUT2D eigenvalue weighted by Crippen LogP contribution is -2.57. The topological polar surface area (TPSA) is 217 Å². The molecule has 1 aliphatic rings. The molecular formula is C20H40N2O9S2. The second-order valence-corrected chi connectivity index (χ2v) is 10.2. The number of carbonyl (C=O) groups is 2. The second-order valence-electron chi connectivity index (χ2n) is 7.75. The average Bonchev–Trinajstić information content (AvgIpc) is 2.79. The number of rotatable bonds is 15. The molecule has 0 aromatic heterocycles. The molecule has 0 saturated carbocycles. The van der Waals surface area contributed by atoms with Crippen LogP contribution in [0.3, 0.4) is 0 Å². The van der Waals surface area contributed by atoms with E-state index < -0.39 is 53.3 Å². The van der Waals surface area contributed by atoms with Crippen molar-refractivity contribution in [2.75, 3.05) is 18.1 Å². The zero-order valence-corrected chi connectivity index (χ0v) is 20.6. The van der Waals surface area contributed by atoms with Crippen molar-refractivity contribution in [3.63, 3.8) is 0 Å². The average molecular weight is 517 g/mol. The molecule has 1 saturated heterocycles. The number of unbranched alkanes of at least 4 members (excludes halogenated alkanes) is 4. The van der Waals surface area contributed by atoms with E-state index in [1.54, 1.807) is 0 Å². The lowest BCUT2D eigenvalue weighted by atomic mass is 10.0. The summed E-state index contributed by atoms with van der Waals surface area (Å²) in [6.07, 6.45) is 1.93. The molecule has 13 heteroatoms. The van der Waals surface area contributed by atoms with Gasteiger partial charge < -0.3 is 51.6 Å². The highest BCUT2D eigenvalue weighted by Crippen LogP contribution is 2.29. The van der Waals surface area contributed by atoms with Crippen LogP contribution in [0.1, 0.15) is 45.4 Å². The first-order valence-corrected chi connectivity index (χ1v) is 13.1. The van der Waals surface area contributed by atoms with E-state index in [-0.39, 0.29) is 18.8 Å². The molecule has 0 aromatic carbocycles. The number of ether oxygens (including phenoxy) is 1. The molecule has 11 nitrogen and oxygen atoms in total. The van der Waals surface area contributed by atoms with Crippen molar-refractivity contribution in [2.45, 2.75) is 92.8 Å². The third-order valence-corrected chi connectivity index (χ3v) is 7.20. The highest BCUT2D eigenvalue weighted by Gasteiger charge is 2.43. The number of hydrogen-bond donors (Lipinski definition) is 8. The van der Waals surface area contributed by atoms with E-state index in [0.29, 0.717) is 6.29 Å². The predicted molar refractivity (Wildman–Crippen MR) is 128 cm³/mol. The Labute approximate surface area is 203 Å². The van der Waals surface area contributed by atoms with E-state index >= 15 is 0 Å². The second kappa shape index (κ2) is 18.8. The summed E-state index contributed by atoms with van der Waals surface area (Å²) >= 11 is 2.44. The molecule has 1 rings (SSSR count). The van der Waals surface area contributed by atoms with Gasteiger partial charge in [0, 0.05) is 12.2 Å². The van der Waals surface area contributed by atoms with Gasteiger partial charge in [0.15, 0.2) is 0 Å². The number of aliphatic hydroxyl groups is 5. The summed E-state index contributed by atoms with van der Waals surface area (Å²) in [5.74, 6) is -0.0759. The van der Waals surface area contributed by atoms with E-state index in [4.69, 9.17) is 26.4 Å². The summed E-state index contributed by atoms with van der Waals surface area (Å²) in [7, 11) is 0. The number of thioether (sulfide) groups is 2. The molecular weight excluding hydrogens is 476 g/mol. The van der Waals surface area contributed by atoms with Gasteiger partial charge in [-0.25, -0.2) is 0 Å². The van der Waals surface area contributed by atoms with Gasteiger partial charge in [0.25, 0.3) is 0 Å². The van der Waals surface area contributed by atoms with Crippen molar-refractivity contribution in [1.82, 2.24) is 0 Å². The highest BCUT2D eigenvalue weighted by molar-refractivity contribution is 8.00. The molecule has 0 bridgehead atoms. The zero-order chi connectivity index (χ0) is 25.4. The van der Waals surface area contributed by atoms with E-state index in [2.05, 4.69) is 6.92 Å². The Bertz CT molecular complexity index is 534. The maximum absolute atomic E-state index is 10.3. The molecule has 0 aliphatic carbocycles. The monoisotopic (exact) mass is 516 g/mol. The number of hydrogen-bond acceptors (Lipinski definition) is 12. The minimum atomic E-state index is -1.26. The Kier molecular flexibility index (Phi) is 18.5. The van der Waals surface area contributed by atoms with Crippen LogP contribution in [0.15, 0.2) is 0 Å². The Morgan fingerprint density at radius 3 is 2.27 bits per heavy atom. The fourth-order valence-corrected chi connectivity index (χ4v) is 4.81. The van der Waals surface area contributed by atoms with Gasteiger partial charge in [0.05, 0.1) is 12.6 Å². The number of aliphatic carboxylic acids is 1. The number of carboxylic acids is 1. The summed E-state index contributed by atoms with van der Waals surface area (Å²) < 4.78 is 5.41. The molecule has 5 unspecified atom stereocenters. The summed E-state index contributed by atoms with van der Waals surface area (Å²) in [4.78, 5) is 20.4. The Balaban J connectivity index is 0.000000653. The fraction of sp³-hybridized carbons (Fsp3) is 0.900. The van der Waals surface area contributed by atoms with Crippen LogP contribution in [-0.4, -0.2) is 108 Å². The van der Waals surface area contributed by atoms with Gasteiger partial charge in [-0.05, 0) is 12.2 Å². The van der Waals surface area contributed by atoms with E-state index in [1.807, 2.05) is 0 Å². The van der Waals surface area contributed by atoms with Crippen LogP contribution in [0, 0.1) is 0 Å². The first-order valence-electron chi connectivity index (χ1n) is 11.0. The Morgan fingerprint density at radius 2 is 1.73 bits per heavy atom. The normalized spacial score (nSPS) is 27.7. The highest BCUT2D eigenvalue weighted by atomic mass is 32.2. The third-order valence-electron chi connectivity index (χ3n) is 4.81. The number of carbonyl (C=O) groups excluding carboxylic acids is 1. The molecule has 1 fully saturated rings. The molecule has 10 N–H and O–H groups in total. The van der Waals surface area contributed by atoms with Gasteiger partial charge >= 0.3 is 5.97 Å². The number of aldehydes is 1. The third kappa shape index (κ3) is 13.9. The minimum absolute atomic E-state index is 0.0639. The molecule has 1 heterocycles. The quantitative estimate of drug-likeness (QED) is 0.0734. The summed E-state index contributed by atoms with van der Waals surface area (Å²) in [6.45, 7) is 1.81. The fourth-order valence-electron chi connectivity index (χ4n) is 2.76. The van der Waals surface area contributed by atoms with Gasteiger partial charge in [-0.1, -0.05) is 32.6 Å². The molecule has 33 heavy (non-hydrogen) atoms. The van der Waals surface area contributed by atoms with Gasteiger partial charge in [-0.3, -0.25) is 4.79 Å². The van der Waals surface area contributed by atoms with Gasteiger partial charge in [0.2, 0.25) is 0 Å². The van der Waals surface area contributed by atoms with Crippen molar-refractivity contribution in [1.29, 1.82) is 0 Å². The number of aliphatic hydroxyl groups excluding tert-OH is 5. The van der Waals surface area contributed by atoms with E-state index in [9.17, 15) is 30.0 Å².